The summed E-state index contributed by atoms with van der Waals surface area (Å²) in [5.41, 5.74) is 0. The third-order valence-corrected chi connectivity index (χ3v) is 1.59. The number of hydrogen-bond acceptors (Lipinski definition) is 4. The minimum Gasteiger partial charge on any atom is -0.426 e. The first-order valence-electron chi connectivity index (χ1n) is 6.21. The fraction of sp³-hybridized carbons (Fsp3) is 0.700. The van der Waals surface area contributed by atoms with Crippen LogP contribution in [0.15, 0.2) is 0 Å². The molecule has 0 saturated carbocycles. The molecular formula is C20H56O4Y4-6. The van der Waals surface area contributed by atoms with E-state index < -0.39 is 6.10 Å². The van der Waals surface area contributed by atoms with Gasteiger partial charge in [0.05, 0.1) is 31.5 Å². The minimum atomic E-state index is -0.417. The molecule has 4 nitrogen and oxygen atoms in total. The molecule has 0 aromatic heterocycles. The van der Waals surface area contributed by atoms with Crippen molar-refractivity contribution in [3.05, 3.63) is 44.1 Å². The Labute approximate surface area is 286 Å². The van der Waals surface area contributed by atoms with Crippen molar-refractivity contribution >= 4 is 0 Å². The van der Waals surface area contributed by atoms with E-state index in [0.717, 1.165) is 19.6 Å². The number of hydrogen-bond donors (Lipinski definition) is 2. The topological polar surface area (TPSA) is 65.5 Å². The summed E-state index contributed by atoms with van der Waals surface area (Å²) >= 11 is 0. The van der Waals surface area contributed by atoms with Crippen LogP contribution in [0, 0.1) is 44.1 Å². The van der Waals surface area contributed by atoms with E-state index in [4.69, 9.17) is 19.7 Å². The molecule has 2 aliphatic rings. The van der Waals surface area contributed by atoms with E-state index in [-0.39, 0.29) is 192 Å². The number of rotatable bonds is 1. The largest absolute Gasteiger partial charge is 0.426 e. The molecule has 2 aliphatic heterocycles. The van der Waals surface area contributed by atoms with E-state index in [0.29, 0.717) is 12.2 Å². The molecule has 2 N–H and O–H groups in total. The Morgan fingerprint density at radius 1 is 0.821 bits per heavy atom. The van der Waals surface area contributed by atoms with E-state index in [9.17, 15) is 0 Å². The molecule has 2 fully saturated rings. The van der Waals surface area contributed by atoms with E-state index >= 15 is 0 Å². The predicted octanol–water partition coefficient (Wildman–Crippen LogP) is 5.79. The third kappa shape index (κ3) is 172. The maximum atomic E-state index is 8.36. The van der Waals surface area contributed by atoms with E-state index in [1.165, 1.54) is 0 Å². The Hall–Kier alpha value is 4.26. The molecule has 2 heterocycles. The van der Waals surface area contributed by atoms with E-state index in [1.807, 2.05) is 6.92 Å². The molecular weight excluding hydrogens is 660 g/mol. The van der Waals surface area contributed by atoms with Crippen molar-refractivity contribution in [3.63, 3.8) is 0 Å². The average molecular weight is 718 g/mol. The Kier molecular flexibility index (Phi) is 192. The maximum Gasteiger partial charge on any atom is 0.0781 e. The summed E-state index contributed by atoms with van der Waals surface area (Å²) in [6.07, 6.45) is 1.50. The van der Waals surface area contributed by atoms with Gasteiger partial charge in [0.15, 0.2) is 0 Å². The van der Waals surface area contributed by atoms with Crippen LogP contribution in [0.5, 0.6) is 0 Å². The summed E-state index contributed by atoms with van der Waals surface area (Å²) in [6.45, 7) is 14.6. The first kappa shape index (κ1) is 85.0. The van der Waals surface area contributed by atoms with Crippen LogP contribution in [-0.4, -0.2) is 47.8 Å². The van der Waals surface area contributed by atoms with Crippen molar-refractivity contribution in [2.45, 2.75) is 80.3 Å². The predicted molar refractivity (Wildman–Crippen MR) is 120 cm³/mol. The Morgan fingerprint density at radius 3 is 0.893 bits per heavy atom. The Morgan fingerprint density at radius 2 is 0.893 bits per heavy atom. The maximum absolute atomic E-state index is 8.36. The SMILES string of the molecule is C.C.CC1CO1.CC1CO1.CCC(C)O.[2HH].[2HH].[CH2-]C(C)O.[CH3-].[CH3-].[CH3-].[CH3-].[CH3-].[Y].[Y].[Y].[Y]. The van der Waals surface area contributed by atoms with Gasteiger partial charge in [0.1, 0.15) is 0 Å². The van der Waals surface area contributed by atoms with Crippen LogP contribution in [0.2, 0.25) is 0 Å². The molecule has 0 aliphatic carbocycles. The second-order valence-corrected chi connectivity index (χ2v) is 4.39. The summed E-state index contributed by atoms with van der Waals surface area (Å²) in [5.74, 6) is 0. The van der Waals surface area contributed by atoms with Crippen LogP contribution in [0.1, 0.15) is 58.7 Å². The third-order valence-electron chi connectivity index (χ3n) is 1.59. The van der Waals surface area contributed by atoms with Gasteiger partial charge in [-0.15, -0.1) is 0 Å². The second kappa shape index (κ2) is 63.3. The standard InChI is InChI=1S/C4H10O.2C3H6O.C3H7O.2CH4.5CH3.4Y.2H2/c1-3-4(2)5;2*1-3-2-4-3;1-3(2)4;;;;;;;;;;;;;/h4-5H,3H2,1-2H3;2*3H,2H2,1H3;3-4H,1H2,2H3;2*1H4;5*1H3;;;;;2*1H/q;;;-1;;;5*-1;;;;;;/i;;;;;;;;;;;;;;;2*1+1. The van der Waals surface area contributed by atoms with Gasteiger partial charge in [-0.3, -0.25) is 0 Å². The zero-order valence-corrected chi connectivity index (χ0v) is 30.5. The Bertz CT molecular complexity index is 157. The summed E-state index contributed by atoms with van der Waals surface area (Å²) < 4.78 is 9.42. The van der Waals surface area contributed by atoms with Crippen LogP contribution in [-0.2, 0) is 140 Å². The summed E-state index contributed by atoms with van der Waals surface area (Å²) in [5, 5.41) is 16.3. The van der Waals surface area contributed by atoms with Gasteiger partial charge in [0.25, 0.3) is 0 Å². The van der Waals surface area contributed by atoms with Gasteiger partial charge in [-0.1, -0.05) is 34.8 Å². The summed E-state index contributed by atoms with van der Waals surface area (Å²) in [6, 6.07) is 0. The van der Waals surface area contributed by atoms with Gasteiger partial charge in [0.2, 0.25) is 0 Å². The molecule has 8 heteroatoms. The Balaban J connectivity index is -0.00000000673. The van der Waals surface area contributed by atoms with Gasteiger partial charge in [-0.25, -0.2) is 0 Å². The zero-order valence-electron chi connectivity index (χ0n) is 19.2. The van der Waals surface area contributed by atoms with Crippen LogP contribution in [0.25, 0.3) is 0 Å². The summed E-state index contributed by atoms with van der Waals surface area (Å²) in [7, 11) is 0. The van der Waals surface area contributed by atoms with Crippen LogP contribution >= 0.6 is 0 Å². The fourth-order valence-electron chi connectivity index (χ4n) is 0.192. The molecule has 0 amide bonds. The molecule has 178 valence electrons. The molecule has 0 aromatic carbocycles. The molecule has 0 spiro atoms. The molecule has 2 rings (SSSR count). The molecule has 2 saturated heterocycles. The van der Waals surface area contributed by atoms with E-state index in [2.05, 4.69) is 20.8 Å². The van der Waals surface area contributed by atoms with Gasteiger partial charge in [-0.2, -0.15) is 0 Å². The number of epoxide rings is 2. The van der Waals surface area contributed by atoms with Gasteiger partial charge >= 0.3 is 0 Å². The van der Waals surface area contributed by atoms with Crippen LogP contribution in [0.3, 0.4) is 0 Å². The normalized spacial score (nSPS) is 16.3. The van der Waals surface area contributed by atoms with Crippen molar-refractivity contribution in [3.8, 4) is 0 Å². The molecule has 4 radical (unpaired) electrons. The first-order valence-corrected chi connectivity index (χ1v) is 6.21. The minimum absolute atomic E-state index is 0. The van der Waals surface area contributed by atoms with Crippen LogP contribution in [0.4, 0.5) is 0 Å². The van der Waals surface area contributed by atoms with Gasteiger partial charge in [-0.05, 0) is 27.2 Å². The first-order chi connectivity index (χ1) is 7.79. The number of ether oxygens (including phenoxy) is 2. The molecule has 0 bridgehead atoms. The number of aliphatic hydroxyl groups excluding tert-OH is 2. The quantitative estimate of drug-likeness (QED) is 0.266. The van der Waals surface area contributed by atoms with Crippen molar-refractivity contribution < 1.29 is 153 Å². The molecule has 4 unspecified atom stereocenters. The smallest absolute Gasteiger partial charge is 0.0781 e. The molecule has 28 heavy (non-hydrogen) atoms. The summed E-state index contributed by atoms with van der Waals surface area (Å²) in [4.78, 5) is 0. The average Bonchev–Trinajstić information content (AvgIpc) is 3.08. The number of aliphatic hydroxyl groups is 2. The van der Waals surface area contributed by atoms with Crippen molar-refractivity contribution in [2.75, 3.05) is 13.2 Å². The van der Waals surface area contributed by atoms with Gasteiger partial charge < -0.3 is 63.7 Å². The zero-order chi connectivity index (χ0) is 13.8. The van der Waals surface area contributed by atoms with Crippen molar-refractivity contribution in [1.29, 1.82) is 0 Å². The second-order valence-electron chi connectivity index (χ2n) is 4.39. The molecule has 4 atom stereocenters. The van der Waals surface area contributed by atoms with Crippen LogP contribution < -0.4 is 0 Å². The monoisotopic (exact) mass is 718 g/mol. The van der Waals surface area contributed by atoms with Crippen molar-refractivity contribution in [2.24, 2.45) is 0 Å². The molecule has 0 aromatic rings. The van der Waals surface area contributed by atoms with E-state index in [1.54, 1.807) is 13.8 Å². The van der Waals surface area contributed by atoms with Crippen molar-refractivity contribution in [1.82, 2.24) is 0 Å². The van der Waals surface area contributed by atoms with Gasteiger partial charge in [0, 0.05) is 134 Å². The fourth-order valence-corrected chi connectivity index (χ4v) is 0.192.